The molecule has 0 fully saturated rings. The Labute approximate surface area is 229 Å². The molecule has 0 amide bonds. The Morgan fingerprint density at radius 3 is 1.47 bits per heavy atom. The van der Waals surface area contributed by atoms with Crippen LogP contribution in [0.15, 0.2) is 18.2 Å². The molecule has 0 aromatic heterocycles. The minimum absolute atomic E-state index is 0.0272. The van der Waals surface area contributed by atoms with Gasteiger partial charge in [0.25, 0.3) is 0 Å². The lowest BCUT2D eigenvalue weighted by Crippen LogP contribution is -2.15. The number of ether oxygens (including phenoxy) is 7. The second-order valence-corrected chi connectivity index (χ2v) is 8.92. The smallest absolute Gasteiger partial charge is 0.161 e. The first-order chi connectivity index (χ1) is 18.8. The molecule has 0 heterocycles. The zero-order chi connectivity index (χ0) is 27.4. The van der Waals surface area contributed by atoms with Gasteiger partial charge >= 0.3 is 0 Å². The van der Waals surface area contributed by atoms with E-state index in [4.69, 9.17) is 38.3 Å². The van der Waals surface area contributed by atoms with Gasteiger partial charge in [0, 0.05) is 0 Å². The van der Waals surface area contributed by atoms with Crippen LogP contribution in [0, 0.1) is 0 Å². The zero-order valence-corrected chi connectivity index (χ0v) is 23.5. The van der Waals surface area contributed by atoms with Gasteiger partial charge in [0.2, 0.25) is 0 Å². The molecule has 1 aromatic carbocycles. The van der Waals surface area contributed by atoms with Crippen molar-refractivity contribution in [2.75, 3.05) is 92.5 Å². The maximum absolute atomic E-state index is 10.2. The summed E-state index contributed by atoms with van der Waals surface area (Å²) in [5.74, 6) is 0.679. The highest BCUT2D eigenvalue weighted by atomic mass is 16.6. The van der Waals surface area contributed by atoms with E-state index in [-0.39, 0.29) is 12.4 Å². The second-order valence-electron chi connectivity index (χ2n) is 8.92. The van der Waals surface area contributed by atoms with Crippen LogP contribution in [0.2, 0.25) is 0 Å². The third-order valence-electron chi connectivity index (χ3n) is 5.67. The summed E-state index contributed by atoms with van der Waals surface area (Å²) in [6.45, 7) is 8.34. The van der Waals surface area contributed by atoms with E-state index in [1.54, 1.807) is 0 Å². The Hall–Kier alpha value is -1.46. The SMILES string of the molecule is CCCCCCCCCc1ccc(OCCOCCOCCOCCOCCOCCOCCO)c(O)c1. The van der Waals surface area contributed by atoms with Gasteiger partial charge in [0.15, 0.2) is 11.5 Å². The number of aliphatic hydroxyl groups excluding tert-OH is 1. The van der Waals surface area contributed by atoms with E-state index in [1.165, 1.54) is 38.5 Å². The molecular formula is C29H52O9. The normalized spacial score (nSPS) is 11.3. The summed E-state index contributed by atoms with van der Waals surface area (Å²) in [7, 11) is 0. The van der Waals surface area contributed by atoms with Crippen molar-refractivity contribution in [1.82, 2.24) is 0 Å². The lowest BCUT2D eigenvalue weighted by molar-refractivity contribution is -0.0191. The standard InChI is InChI=1S/C29H52O9/c1-2-3-4-5-6-7-8-9-27-10-11-29(28(31)26-27)38-25-24-37-23-22-36-21-20-35-19-18-34-17-16-33-15-14-32-13-12-30/h10-11,26,30-31H,2-9,12-25H2,1H3. The highest BCUT2D eigenvalue weighted by Crippen LogP contribution is 2.27. The van der Waals surface area contributed by atoms with Crippen LogP contribution in [0.3, 0.4) is 0 Å². The molecule has 9 nitrogen and oxygen atoms in total. The first-order valence-electron chi connectivity index (χ1n) is 14.3. The fraction of sp³-hybridized carbons (Fsp3) is 0.793. The van der Waals surface area contributed by atoms with Gasteiger partial charge in [0.05, 0.1) is 85.9 Å². The quantitative estimate of drug-likeness (QED) is 0.144. The molecule has 0 atom stereocenters. The average molecular weight is 545 g/mol. The first kappa shape index (κ1) is 34.6. The third kappa shape index (κ3) is 21.5. The molecule has 0 aliphatic heterocycles. The molecular weight excluding hydrogens is 492 g/mol. The van der Waals surface area contributed by atoms with E-state index in [2.05, 4.69) is 6.92 Å². The summed E-state index contributed by atoms with van der Waals surface area (Å²) in [5.41, 5.74) is 1.15. The molecule has 0 bridgehead atoms. The van der Waals surface area contributed by atoms with Crippen LogP contribution in [-0.4, -0.2) is 103 Å². The van der Waals surface area contributed by atoms with Crippen LogP contribution < -0.4 is 4.74 Å². The first-order valence-corrected chi connectivity index (χ1v) is 14.3. The largest absolute Gasteiger partial charge is 0.504 e. The minimum atomic E-state index is 0.0272. The predicted molar refractivity (Wildman–Crippen MR) is 147 cm³/mol. The Balaban J connectivity index is 1.85. The van der Waals surface area contributed by atoms with Crippen molar-refractivity contribution in [3.8, 4) is 11.5 Å². The molecule has 1 aromatic rings. The van der Waals surface area contributed by atoms with Crippen molar-refractivity contribution in [1.29, 1.82) is 0 Å². The number of aromatic hydroxyl groups is 1. The number of unbranched alkanes of at least 4 members (excludes halogenated alkanes) is 6. The maximum atomic E-state index is 10.2. The number of hydrogen-bond donors (Lipinski definition) is 2. The Kier molecular flexibility index (Phi) is 24.7. The van der Waals surface area contributed by atoms with Crippen LogP contribution >= 0.6 is 0 Å². The summed E-state index contributed by atoms with van der Waals surface area (Å²) >= 11 is 0. The van der Waals surface area contributed by atoms with Gasteiger partial charge in [0.1, 0.15) is 6.61 Å². The van der Waals surface area contributed by atoms with Gasteiger partial charge in [-0.05, 0) is 30.5 Å². The zero-order valence-electron chi connectivity index (χ0n) is 23.5. The molecule has 0 spiro atoms. The second kappa shape index (κ2) is 27.1. The molecule has 9 heteroatoms. The van der Waals surface area contributed by atoms with Gasteiger partial charge in [-0.3, -0.25) is 0 Å². The monoisotopic (exact) mass is 544 g/mol. The molecule has 2 N–H and O–H groups in total. The Morgan fingerprint density at radius 1 is 0.553 bits per heavy atom. The van der Waals surface area contributed by atoms with Crippen LogP contribution in [-0.2, 0) is 34.8 Å². The van der Waals surface area contributed by atoms with Crippen LogP contribution in [0.1, 0.15) is 57.4 Å². The topological polar surface area (TPSA) is 105 Å². The summed E-state index contributed by atoms with van der Waals surface area (Å²) in [6.07, 6.45) is 9.98. The number of benzene rings is 1. The third-order valence-corrected chi connectivity index (χ3v) is 5.67. The van der Waals surface area contributed by atoms with Crippen molar-refractivity contribution in [2.24, 2.45) is 0 Å². The summed E-state index contributed by atoms with van der Waals surface area (Å²) in [4.78, 5) is 0. The van der Waals surface area contributed by atoms with Crippen molar-refractivity contribution >= 4 is 0 Å². The summed E-state index contributed by atoms with van der Waals surface area (Å²) in [6, 6.07) is 5.68. The van der Waals surface area contributed by atoms with Crippen molar-refractivity contribution in [3.05, 3.63) is 23.8 Å². The Morgan fingerprint density at radius 2 is 1.00 bits per heavy atom. The van der Waals surface area contributed by atoms with Crippen molar-refractivity contribution in [3.63, 3.8) is 0 Å². The van der Waals surface area contributed by atoms with E-state index < -0.39 is 0 Å². The fourth-order valence-electron chi connectivity index (χ4n) is 3.60. The highest BCUT2D eigenvalue weighted by molar-refractivity contribution is 5.41. The minimum Gasteiger partial charge on any atom is -0.504 e. The number of rotatable bonds is 29. The molecule has 0 unspecified atom stereocenters. The van der Waals surface area contributed by atoms with Crippen molar-refractivity contribution < 1.29 is 43.4 Å². The number of phenols is 1. The van der Waals surface area contributed by atoms with E-state index in [9.17, 15) is 5.11 Å². The highest BCUT2D eigenvalue weighted by Gasteiger charge is 2.04. The van der Waals surface area contributed by atoms with E-state index in [0.29, 0.717) is 91.6 Å². The van der Waals surface area contributed by atoms with Gasteiger partial charge in [-0.25, -0.2) is 0 Å². The van der Waals surface area contributed by atoms with E-state index >= 15 is 0 Å². The predicted octanol–water partition coefficient (Wildman–Crippen LogP) is 4.16. The number of aryl methyl sites for hydroxylation is 1. The van der Waals surface area contributed by atoms with Crippen LogP contribution in [0.4, 0.5) is 0 Å². The van der Waals surface area contributed by atoms with Crippen LogP contribution in [0.25, 0.3) is 0 Å². The molecule has 1 rings (SSSR count). The number of aliphatic hydroxyl groups is 1. The summed E-state index contributed by atoms with van der Waals surface area (Å²) < 4.78 is 37.9. The lowest BCUT2D eigenvalue weighted by Gasteiger charge is -2.10. The molecule has 38 heavy (non-hydrogen) atoms. The molecule has 0 aliphatic rings. The number of phenolic OH excluding ortho intramolecular Hbond substituents is 1. The Bertz CT molecular complexity index is 630. The molecule has 0 saturated carbocycles. The molecule has 0 radical (unpaired) electrons. The average Bonchev–Trinajstić information content (AvgIpc) is 2.92. The van der Waals surface area contributed by atoms with E-state index in [1.807, 2.05) is 18.2 Å². The molecule has 0 aliphatic carbocycles. The fourth-order valence-corrected chi connectivity index (χ4v) is 3.60. The molecule has 0 saturated heterocycles. The maximum Gasteiger partial charge on any atom is 0.161 e. The lowest BCUT2D eigenvalue weighted by atomic mass is 10.0. The van der Waals surface area contributed by atoms with E-state index in [0.717, 1.165) is 18.4 Å². The van der Waals surface area contributed by atoms with Gasteiger partial charge in [-0.15, -0.1) is 0 Å². The number of hydrogen-bond acceptors (Lipinski definition) is 9. The van der Waals surface area contributed by atoms with Crippen LogP contribution in [0.5, 0.6) is 11.5 Å². The van der Waals surface area contributed by atoms with Gasteiger partial charge in [-0.2, -0.15) is 0 Å². The van der Waals surface area contributed by atoms with Gasteiger partial charge in [-0.1, -0.05) is 51.5 Å². The molecule has 222 valence electrons. The van der Waals surface area contributed by atoms with Crippen molar-refractivity contribution in [2.45, 2.75) is 58.3 Å². The van der Waals surface area contributed by atoms with Gasteiger partial charge < -0.3 is 43.4 Å². The summed E-state index contributed by atoms with van der Waals surface area (Å²) in [5, 5.41) is 18.8.